The Kier molecular flexibility index (Phi) is 5.60. The lowest BCUT2D eigenvalue weighted by Gasteiger charge is -2.15. The second-order valence-corrected chi connectivity index (χ2v) is 6.64. The number of carbonyl (C=O) groups excluding carboxylic acids is 2. The van der Waals surface area contributed by atoms with Gasteiger partial charge in [-0.05, 0) is 6.92 Å². The Morgan fingerprint density at radius 1 is 1.45 bits per heavy atom. The van der Waals surface area contributed by atoms with E-state index in [9.17, 15) is 18.0 Å². The second kappa shape index (κ2) is 6.77. The summed E-state index contributed by atoms with van der Waals surface area (Å²) < 4.78 is 34.2. The van der Waals surface area contributed by atoms with Crippen LogP contribution in [0.5, 0.6) is 0 Å². The Balaban J connectivity index is 3.02. The van der Waals surface area contributed by atoms with Crippen LogP contribution in [0.25, 0.3) is 0 Å². The van der Waals surface area contributed by atoms with Crippen LogP contribution in [-0.2, 0) is 24.3 Å². The van der Waals surface area contributed by atoms with Gasteiger partial charge in [0.25, 0.3) is 10.0 Å². The molecule has 0 radical (unpaired) electrons. The molecule has 0 aliphatic carbocycles. The molecule has 1 heterocycles. The summed E-state index contributed by atoms with van der Waals surface area (Å²) >= 11 is 0.775. The topological polar surface area (TPSA) is 103 Å². The summed E-state index contributed by atoms with van der Waals surface area (Å²) in [5.41, 5.74) is 0.922. The van der Waals surface area contributed by atoms with Crippen molar-refractivity contribution in [2.45, 2.75) is 11.1 Å². The molecule has 1 aromatic rings. The first kappa shape index (κ1) is 16.5. The van der Waals surface area contributed by atoms with E-state index >= 15 is 0 Å². The van der Waals surface area contributed by atoms with Crippen molar-refractivity contribution in [1.82, 2.24) is 9.29 Å². The minimum Gasteiger partial charge on any atom is -0.465 e. The van der Waals surface area contributed by atoms with Gasteiger partial charge in [0.15, 0.2) is 9.90 Å². The number of sulfonamides is 1. The number of esters is 2. The van der Waals surface area contributed by atoms with Crippen LogP contribution in [0.1, 0.15) is 17.4 Å². The van der Waals surface area contributed by atoms with Crippen molar-refractivity contribution in [2.24, 2.45) is 0 Å². The zero-order valence-electron chi connectivity index (χ0n) is 11.2. The predicted octanol–water partition coefficient (Wildman–Crippen LogP) is 0.113. The summed E-state index contributed by atoms with van der Waals surface area (Å²) in [5, 5.41) is 0. The molecule has 0 saturated heterocycles. The molecule has 0 atom stereocenters. The minimum absolute atomic E-state index is 0.153. The van der Waals surface area contributed by atoms with Crippen molar-refractivity contribution in [1.29, 1.82) is 0 Å². The number of ether oxygens (including phenoxy) is 2. The number of methoxy groups -OCH3 is 1. The molecule has 0 spiro atoms. The van der Waals surface area contributed by atoms with Crippen LogP contribution in [0.4, 0.5) is 0 Å². The maximum Gasteiger partial charge on any atom is 0.358 e. The molecule has 0 amide bonds. The van der Waals surface area contributed by atoms with E-state index in [0.717, 1.165) is 22.8 Å². The van der Waals surface area contributed by atoms with Crippen LogP contribution in [0.3, 0.4) is 0 Å². The number of carbonyl (C=O) groups is 2. The van der Waals surface area contributed by atoms with E-state index in [0.29, 0.717) is 0 Å². The first-order valence-corrected chi connectivity index (χ1v) is 7.80. The zero-order chi connectivity index (χ0) is 15.3. The summed E-state index contributed by atoms with van der Waals surface area (Å²) in [5.74, 6) is -1.53. The summed E-state index contributed by atoms with van der Waals surface area (Å²) in [4.78, 5) is 26.4. The lowest BCUT2D eigenvalue weighted by molar-refractivity contribution is -0.143. The molecule has 0 unspecified atom stereocenters. The second-order valence-electron chi connectivity index (χ2n) is 3.55. The van der Waals surface area contributed by atoms with E-state index in [-0.39, 0.29) is 16.5 Å². The molecule has 1 aromatic heterocycles. The van der Waals surface area contributed by atoms with E-state index < -0.39 is 28.5 Å². The van der Waals surface area contributed by atoms with Gasteiger partial charge in [-0.3, -0.25) is 4.79 Å². The highest BCUT2D eigenvalue weighted by molar-refractivity contribution is 7.91. The molecule has 10 heteroatoms. The van der Waals surface area contributed by atoms with Crippen molar-refractivity contribution in [3.05, 3.63) is 11.2 Å². The van der Waals surface area contributed by atoms with E-state index in [2.05, 4.69) is 14.5 Å². The number of hydrogen-bond acceptors (Lipinski definition) is 8. The molecule has 0 aromatic carbocycles. The Hall–Kier alpha value is -1.52. The molecule has 0 fully saturated rings. The Labute approximate surface area is 120 Å². The molecular formula is C10H14N2O6S2. The quantitative estimate of drug-likeness (QED) is 0.685. The first-order valence-electron chi connectivity index (χ1n) is 5.48. The number of nitrogens with zero attached hydrogens (tertiary/aromatic N) is 2. The summed E-state index contributed by atoms with van der Waals surface area (Å²) in [6, 6.07) is 0. The third kappa shape index (κ3) is 3.52. The maximum atomic E-state index is 12.3. The van der Waals surface area contributed by atoms with Crippen molar-refractivity contribution >= 4 is 33.3 Å². The van der Waals surface area contributed by atoms with Crippen LogP contribution in [0.2, 0.25) is 0 Å². The van der Waals surface area contributed by atoms with Crippen molar-refractivity contribution in [2.75, 3.05) is 27.3 Å². The molecule has 20 heavy (non-hydrogen) atoms. The minimum atomic E-state index is -4.01. The number of likely N-dealkylation sites (N-methyl/N-ethyl adjacent to an activating group) is 1. The third-order valence-electron chi connectivity index (χ3n) is 2.22. The lowest BCUT2D eigenvalue weighted by Crippen LogP contribution is -2.33. The Morgan fingerprint density at radius 2 is 2.10 bits per heavy atom. The molecule has 0 bridgehead atoms. The van der Waals surface area contributed by atoms with Gasteiger partial charge in [0.2, 0.25) is 0 Å². The Bertz CT molecular complexity index is 595. The van der Waals surface area contributed by atoms with Gasteiger partial charge in [0.1, 0.15) is 6.54 Å². The number of thiazole rings is 1. The van der Waals surface area contributed by atoms with E-state index in [1.807, 2.05) is 0 Å². The van der Waals surface area contributed by atoms with Gasteiger partial charge in [-0.15, -0.1) is 11.3 Å². The normalized spacial score (nSPS) is 11.4. The summed E-state index contributed by atoms with van der Waals surface area (Å²) in [6.45, 7) is 1.32. The van der Waals surface area contributed by atoms with Gasteiger partial charge < -0.3 is 9.47 Å². The largest absolute Gasteiger partial charge is 0.465 e. The molecule has 0 aliphatic heterocycles. The van der Waals surface area contributed by atoms with Gasteiger partial charge in [-0.1, -0.05) is 0 Å². The average Bonchev–Trinajstić information content (AvgIpc) is 2.87. The van der Waals surface area contributed by atoms with Crippen LogP contribution < -0.4 is 0 Å². The monoisotopic (exact) mass is 322 g/mol. The van der Waals surface area contributed by atoms with Crippen LogP contribution in [0.15, 0.2) is 9.72 Å². The molecule has 0 aliphatic rings. The van der Waals surface area contributed by atoms with E-state index in [1.165, 1.54) is 12.6 Å². The zero-order valence-corrected chi connectivity index (χ0v) is 12.8. The molecule has 1 rings (SSSR count). The molecule has 0 saturated carbocycles. The van der Waals surface area contributed by atoms with Crippen LogP contribution in [0, 0.1) is 0 Å². The highest BCUT2D eigenvalue weighted by Crippen LogP contribution is 2.23. The van der Waals surface area contributed by atoms with Crippen LogP contribution in [-0.4, -0.2) is 57.0 Å². The van der Waals surface area contributed by atoms with E-state index in [1.54, 1.807) is 6.92 Å². The lowest BCUT2D eigenvalue weighted by atomic mass is 10.5. The molecule has 8 nitrogen and oxygen atoms in total. The fourth-order valence-electron chi connectivity index (χ4n) is 1.27. The number of hydrogen-bond donors (Lipinski definition) is 0. The van der Waals surface area contributed by atoms with E-state index in [4.69, 9.17) is 0 Å². The van der Waals surface area contributed by atoms with Gasteiger partial charge in [-0.25, -0.2) is 18.2 Å². The van der Waals surface area contributed by atoms with Gasteiger partial charge in [-0.2, -0.15) is 4.31 Å². The van der Waals surface area contributed by atoms with Crippen molar-refractivity contribution in [3.8, 4) is 0 Å². The maximum absolute atomic E-state index is 12.3. The summed E-state index contributed by atoms with van der Waals surface area (Å²) in [6.07, 6.45) is 0. The SMILES string of the molecule is CCOC(=O)CN(C)S(=O)(=O)c1scnc1C(=O)OC. The first-order chi connectivity index (χ1) is 9.34. The number of aromatic nitrogens is 1. The summed E-state index contributed by atoms with van der Waals surface area (Å²) in [7, 11) is -1.67. The third-order valence-corrected chi connectivity index (χ3v) is 5.37. The average molecular weight is 322 g/mol. The van der Waals surface area contributed by atoms with Crippen LogP contribution >= 0.6 is 11.3 Å². The standard InChI is InChI=1S/C10H14N2O6S2/c1-4-18-7(13)5-12(2)20(15,16)10-8(9(14)17-3)11-6-19-10/h6H,4-5H2,1-3H3. The predicted molar refractivity (Wildman–Crippen MR) is 69.9 cm³/mol. The molecule has 112 valence electrons. The van der Waals surface area contributed by atoms with Gasteiger partial charge >= 0.3 is 11.9 Å². The van der Waals surface area contributed by atoms with Crippen molar-refractivity contribution in [3.63, 3.8) is 0 Å². The highest BCUT2D eigenvalue weighted by Gasteiger charge is 2.31. The van der Waals surface area contributed by atoms with Gasteiger partial charge in [0, 0.05) is 7.05 Å². The van der Waals surface area contributed by atoms with Gasteiger partial charge in [0.05, 0.1) is 19.2 Å². The molecule has 0 N–H and O–H groups in total. The number of rotatable bonds is 6. The Morgan fingerprint density at radius 3 is 2.65 bits per heavy atom. The fraction of sp³-hybridized carbons (Fsp3) is 0.500. The fourth-order valence-corrected chi connectivity index (χ4v) is 3.70. The smallest absolute Gasteiger partial charge is 0.358 e. The highest BCUT2D eigenvalue weighted by atomic mass is 32.2. The van der Waals surface area contributed by atoms with Crippen molar-refractivity contribution < 1.29 is 27.5 Å². The molecular weight excluding hydrogens is 308 g/mol.